The molecule has 0 saturated heterocycles. The highest BCUT2D eigenvalue weighted by molar-refractivity contribution is 6.02. The van der Waals surface area contributed by atoms with Crippen molar-refractivity contribution in [3.8, 4) is 0 Å². The van der Waals surface area contributed by atoms with Gasteiger partial charge in [0.25, 0.3) is 0 Å². The fourth-order valence-electron chi connectivity index (χ4n) is 1.59. The average Bonchev–Trinajstić information content (AvgIpc) is 2.38. The Labute approximate surface area is 109 Å². The summed E-state index contributed by atoms with van der Waals surface area (Å²) in [6, 6.07) is 5.16. The molecule has 1 heterocycles. The van der Waals surface area contributed by atoms with Gasteiger partial charge in [-0.15, -0.1) is 0 Å². The van der Waals surface area contributed by atoms with Crippen molar-refractivity contribution in [1.82, 2.24) is 9.97 Å². The van der Waals surface area contributed by atoms with Crippen LogP contribution in [0.3, 0.4) is 0 Å². The predicted molar refractivity (Wildman–Crippen MR) is 69.4 cm³/mol. The van der Waals surface area contributed by atoms with Crippen LogP contribution >= 0.6 is 0 Å². The van der Waals surface area contributed by atoms with Gasteiger partial charge in [-0.3, -0.25) is 19.6 Å². The van der Waals surface area contributed by atoms with Gasteiger partial charge in [-0.2, -0.15) is 0 Å². The molecule has 0 aliphatic carbocycles. The van der Waals surface area contributed by atoms with Crippen LogP contribution in [-0.4, -0.2) is 28.5 Å². The number of carbonyl (C=O) groups excluding carboxylic acids is 2. The van der Waals surface area contributed by atoms with E-state index in [1.165, 1.54) is 0 Å². The van der Waals surface area contributed by atoms with Gasteiger partial charge in [-0.1, -0.05) is 0 Å². The molecule has 1 aromatic heterocycles. The van der Waals surface area contributed by atoms with E-state index in [9.17, 15) is 9.59 Å². The number of rotatable bonds is 4. The highest BCUT2D eigenvalue weighted by Gasteiger charge is 2.10. The summed E-state index contributed by atoms with van der Waals surface area (Å²) in [4.78, 5) is 31.0. The second kappa shape index (κ2) is 5.90. The van der Waals surface area contributed by atoms with Crippen LogP contribution < -0.4 is 5.32 Å². The fourth-order valence-corrected chi connectivity index (χ4v) is 1.59. The third-order valence-corrected chi connectivity index (χ3v) is 2.36. The number of anilines is 1. The Hall–Kier alpha value is -2.50. The number of ether oxygens (including phenoxy) is 1. The number of amides is 1. The van der Waals surface area contributed by atoms with Crippen molar-refractivity contribution in [3.05, 3.63) is 30.6 Å². The molecule has 1 N–H and O–H groups in total. The lowest BCUT2D eigenvalue weighted by Gasteiger charge is -2.05. The Morgan fingerprint density at radius 1 is 1.21 bits per heavy atom. The van der Waals surface area contributed by atoms with Crippen LogP contribution in [0.4, 0.5) is 5.69 Å². The summed E-state index contributed by atoms with van der Waals surface area (Å²) in [7, 11) is 0. The van der Waals surface area contributed by atoms with E-state index in [1.54, 1.807) is 37.5 Å². The van der Waals surface area contributed by atoms with Crippen molar-refractivity contribution in [1.29, 1.82) is 0 Å². The SMILES string of the molecule is CCOC(=O)CC(=O)Nc1ccc2nccnc2c1. The molecule has 1 aromatic carbocycles. The van der Waals surface area contributed by atoms with Crippen molar-refractivity contribution in [3.63, 3.8) is 0 Å². The number of esters is 1. The molecular formula is C13H13N3O3. The minimum Gasteiger partial charge on any atom is -0.466 e. The molecular weight excluding hydrogens is 246 g/mol. The summed E-state index contributed by atoms with van der Waals surface area (Å²) < 4.78 is 4.70. The molecule has 6 nitrogen and oxygen atoms in total. The minimum atomic E-state index is -0.541. The van der Waals surface area contributed by atoms with Crippen molar-refractivity contribution in [2.75, 3.05) is 11.9 Å². The van der Waals surface area contributed by atoms with Gasteiger partial charge in [0.1, 0.15) is 6.42 Å². The summed E-state index contributed by atoms with van der Waals surface area (Å²) in [5.41, 5.74) is 1.99. The largest absolute Gasteiger partial charge is 0.466 e. The van der Waals surface area contributed by atoms with Crippen LogP contribution in [-0.2, 0) is 14.3 Å². The first-order valence-corrected chi connectivity index (χ1v) is 5.85. The van der Waals surface area contributed by atoms with E-state index in [4.69, 9.17) is 4.74 Å². The number of aromatic nitrogens is 2. The van der Waals surface area contributed by atoms with Crippen LogP contribution in [0.25, 0.3) is 11.0 Å². The molecule has 0 bridgehead atoms. The fraction of sp³-hybridized carbons (Fsp3) is 0.231. The number of nitrogens with one attached hydrogen (secondary N) is 1. The lowest BCUT2D eigenvalue weighted by atomic mass is 10.2. The molecule has 0 saturated carbocycles. The van der Waals surface area contributed by atoms with Gasteiger partial charge in [-0.25, -0.2) is 0 Å². The molecule has 0 unspecified atom stereocenters. The van der Waals surface area contributed by atoms with Crippen molar-refractivity contribution in [2.45, 2.75) is 13.3 Å². The summed E-state index contributed by atoms with van der Waals surface area (Å²) >= 11 is 0. The van der Waals surface area contributed by atoms with Crippen LogP contribution in [0.15, 0.2) is 30.6 Å². The molecule has 19 heavy (non-hydrogen) atoms. The number of fused-ring (bicyclic) bond motifs is 1. The van der Waals surface area contributed by atoms with Crippen LogP contribution in [0.5, 0.6) is 0 Å². The molecule has 2 aromatic rings. The number of nitrogens with zero attached hydrogens (tertiary/aromatic N) is 2. The normalized spacial score (nSPS) is 10.2. The summed E-state index contributed by atoms with van der Waals surface area (Å²) in [5.74, 6) is -0.956. The van der Waals surface area contributed by atoms with Gasteiger partial charge in [0.15, 0.2) is 0 Å². The Kier molecular flexibility index (Phi) is 4.02. The Morgan fingerprint density at radius 2 is 1.95 bits per heavy atom. The van der Waals surface area contributed by atoms with Gasteiger partial charge < -0.3 is 10.1 Å². The van der Waals surface area contributed by atoms with Crippen molar-refractivity contribution >= 4 is 28.6 Å². The first kappa shape index (κ1) is 12.9. The summed E-state index contributed by atoms with van der Waals surface area (Å²) in [6.45, 7) is 1.95. The minimum absolute atomic E-state index is 0.262. The summed E-state index contributed by atoms with van der Waals surface area (Å²) in [6.07, 6.45) is 2.88. The van der Waals surface area contributed by atoms with E-state index >= 15 is 0 Å². The van der Waals surface area contributed by atoms with Crippen LogP contribution in [0.1, 0.15) is 13.3 Å². The van der Waals surface area contributed by atoms with Gasteiger partial charge in [0.2, 0.25) is 5.91 Å². The van der Waals surface area contributed by atoms with E-state index < -0.39 is 11.9 Å². The van der Waals surface area contributed by atoms with Crippen LogP contribution in [0.2, 0.25) is 0 Å². The smallest absolute Gasteiger partial charge is 0.315 e. The van der Waals surface area contributed by atoms with E-state index in [2.05, 4.69) is 15.3 Å². The molecule has 0 spiro atoms. The Bertz CT molecular complexity index is 613. The number of hydrogen-bond acceptors (Lipinski definition) is 5. The van der Waals surface area contributed by atoms with Gasteiger partial charge >= 0.3 is 5.97 Å². The second-order valence-electron chi connectivity index (χ2n) is 3.79. The number of hydrogen-bond donors (Lipinski definition) is 1. The lowest BCUT2D eigenvalue weighted by Crippen LogP contribution is -2.18. The van der Waals surface area contributed by atoms with Gasteiger partial charge in [0.05, 0.1) is 17.6 Å². The lowest BCUT2D eigenvalue weighted by molar-refractivity contribution is -0.145. The standard InChI is InChI=1S/C13H13N3O3/c1-2-19-13(18)8-12(17)16-9-3-4-10-11(7-9)15-6-5-14-10/h3-7H,2,8H2,1H3,(H,16,17). The molecule has 2 rings (SSSR count). The molecule has 6 heteroatoms. The quantitative estimate of drug-likeness (QED) is 0.665. The van der Waals surface area contributed by atoms with E-state index in [0.717, 1.165) is 5.52 Å². The molecule has 0 aliphatic rings. The highest BCUT2D eigenvalue weighted by Crippen LogP contribution is 2.15. The zero-order chi connectivity index (χ0) is 13.7. The maximum atomic E-state index is 11.6. The first-order chi connectivity index (χ1) is 9.19. The summed E-state index contributed by atoms with van der Waals surface area (Å²) in [5, 5.41) is 2.62. The molecule has 1 amide bonds. The van der Waals surface area contributed by atoms with Gasteiger partial charge in [-0.05, 0) is 25.1 Å². The topological polar surface area (TPSA) is 81.2 Å². The van der Waals surface area contributed by atoms with E-state index in [0.29, 0.717) is 11.2 Å². The third-order valence-electron chi connectivity index (χ3n) is 2.36. The Morgan fingerprint density at radius 3 is 2.68 bits per heavy atom. The zero-order valence-corrected chi connectivity index (χ0v) is 10.4. The third kappa shape index (κ3) is 3.48. The maximum absolute atomic E-state index is 11.6. The zero-order valence-electron chi connectivity index (χ0n) is 10.4. The predicted octanol–water partition coefficient (Wildman–Crippen LogP) is 1.52. The first-order valence-electron chi connectivity index (χ1n) is 5.85. The monoisotopic (exact) mass is 259 g/mol. The molecule has 0 aliphatic heterocycles. The Balaban J connectivity index is 2.04. The highest BCUT2D eigenvalue weighted by atomic mass is 16.5. The molecule has 0 atom stereocenters. The van der Waals surface area contributed by atoms with E-state index in [1.807, 2.05) is 0 Å². The number of carbonyl (C=O) groups is 2. The van der Waals surface area contributed by atoms with E-state index in [-0.39, 0.29) is 13.0 Å². The molecule has 0 fully saturated rings. The second-order valence-corrected chi connectivity index (χ2v) is 3.79. The van der Waals surface area contributed by atoms with Crippen LogP contribution in [0, 0.1) is 0 Å². The van der Waals surface area contributed by atoms with Crippen molar-refractivity contribution in [2.24, 2.45) is 0 Å². The molecule has 0 radical (unpaired) electrons. The maximum Gasteiger partial charge on any atom is 0.315 e. The van der Waals surface area contributed by atoms with Gasteiger partial charge in [0, 0.05) is 18.1 Å². The molecule has 98 valence electrons. The van der Waals surface area contributed by atoms with Crippen molar-refractivity contribution < 1.29 is 14.3 Å². The number of benzene rings is 1. The average molecular weight is 259 g/mol.